The van der Waals surface area contributed by atoms with Crippen LogP contribution in [0.1, 0.15) is 17.5 Å². The maximum atomic E-state index is 13.9. The highest BCUT2D eigenvalue weighted by Crippen LogP contribution is 2.44. The molecule has 0 spiro atoms. The Hall–Kier alpha value is -1.98. The molecule has 2 aromatic rings. The van der Waals surface area contributed by atoms with Gasteiger partial charge in [-0.25, -0.2) is 26.3 Å². The predicted octanol–water partition coefficient (Wildman–Crippen LogP) is 5.24. The lowest BCUT2D eigenvalue weighted by molar-refractivity contribution is -0.123. The molecule has 0 unspecified atom stereocenters. The van der Waals surface area contributed by atoms with Gasteiger partial charge in [-0.1, -0.05) is 36.4 Å². The van der Waals surface area contributed by atoms with Crippen LogP contribution >= 0.6 is 0 Å². The van der Waals surface area contributed by atoms with Gasteiger partial charge in [0.05, 0.1) is 17.5 Å². The Morgan fingerprint density at radius 2 is 0.952 bits per heavy atom. The van der Waals surface area contributed by atoms with E-state index in [2.05, 4.69) is 0 Å². The second-order valence-electron chi connectivity index (χ2n) is 4.55. The molecule has 0 fully saturated rings. The van der Waals surface area contributed by atoms with Crippen molar-refractivity contribution in [3.63, 3.8) is 0 Å². The molecular formula is C15H10F6. The molecule has 0 amide bonds. The number of benzene rings is 2. The second-order valence-corrected chi connectivity index (χ2v) is 4.55. The SMILES string of the molecule is Fc1ccccc1C(F)(F)CC(F)(F)c1ccccc1F. The lowest BCUT2D eigenvalue weighted by Gasteiger charge is -2.24. The third-order valence-corrected chi connectivity index (χ3v) is 2.98. The van der Waals surface area contributed by atoms with E-state index in [0.29, 0.717) is 0 Å². The molecule has 0 aromatic heterocycles. The molecule has 0 N–H and O–H groups in total. The standard InChI is InChI=1S/C15H10F6/c16-12-7-3-1-5-10(12)14(18,19)9-15(20,21)11-6-2-4-8-13(11)17/h1-8H,9H2. The molecule has 0 saturated heterocycles. The Bertz CT molecular complexity index is 580. The second kappa shape index (κ2) is 5.42. The minimum Gasteiger partial charge on any atom is -0.206 e. The van der Waals surface area contributed by atoms with Gasteiger partial charge in [-0.2, -0.15) is 0 Å². The van der Waals surface area contributed by atoms with Crippen LogP contribution in [0.5, 0.6) is 0 Å². The van der Waals surface area contributed by atoms with Gasteiger partial charge in [-0.05, 0) is 12.1 Å². The van der Waals surface area contributed by atoms with Crippen molar-refractivity contribution in [3.8, 4) is 0 Å². The molecule has 21 heavy (non-hydrogen) atoms. The Balaban J connectivity index is 2.36. The molecule has 0 atom stereocenters. The molecule has 2 aromatic carbocycles. The third-order valence-electron chi connectivity index (χ3n) is 2.98. The molecule has 0 radical (unpaired) electrons. The Morgan fingerprint density at radius 1 is 0.619 bits per heavy atom. The molecule has 112 valence electrons. The van der Waals surface area contributed by atoms with Crippen molar-refractivity contribution >= 4 is 0 Å². The van der Waals surface area contributed by atoms with E-state index in [1.165, 1.54) is 12.1 Å². The van der Waals surface area contributed by atoms with Crippen LogP contribution in [0.4, 0.5) is 26.3 Å². The van der Waals surface area contributed by atoms with Gasteiger partial charge in [0.1, 0.15) is 11.6 Å². The van der Waals surface area contributed by atoms with Crippen LogP contribution in [0.3, 0.4) is 0 Å². The number of hydrogen-bond donors (Lipinski definition) is 0. The van der Waals surface area contributed by atoms with Gasteiger partial charge >= 0.3 is 0 Å². The molecule has 6 heteroatoms. The monoisotopic (exact) mass is 304 g/mol. The van der Waals surface area contributed by atoms with E-state index in [1.54, 1.807) is 0 Å². The van der Waals surface area contributed by atoms with Crippen LogP contribution in [0.25, 0.3) is 0 Å². The van der Waals surface area contributed by atoms with Crippen LogP contribution in [0.2, 0.25) is 0 Å². The van der Waals surface area contributed by atoms with Gasteiger partial charge in [0, 0.05) is 0 Å². The highest BCUT2D eigenvalue weighted by atomic mass is 19.3. The Labute approximate surface area is 117 Å². The Morgan fingerprint density at radius 3 is 1.29 bits per heavy atom. The summed E-state index contributed by atoms with van der Waals surface area (Å²) in [4.78, 5) is 0. The molecule has 0 aliphatic rings. The van der Waals surface area contributed by atoms with E-state index < -0.39 is 41.0 Å². The van der Waals surface area contributed by atoms with E-state index in [-0.39, 0.29) is 0 Å². The quantitative estimate of drug-likeness (QED) is 0.678. The van der Waals surface area contributed by atoms with Crippen molar-refractivity contribution in [2.45, 2.75) is 18.3 Å². The summed E-state index contributed by atoms with van der Waals surface area (Å²) in [6, 6.07) is 7.55. The van der Waals surface area contributed by atoms with Gasteiger partial charge < -0.3 is 0 Å². The summed E-state index contributed by atoms with van der Waals surface area (Å²) in [5, 5.41) is 0. The molecule has 0 bridgehead atoms. The van der Waals surface area contributed by atoms with Gasteiger partial charge in [0.2, 0.25) is 0 Å². The molecule has 0 aliphatic carbocycles. The number of rotatable bonds is 4. The van der Waals surface area contributed by atoms with Crippen LogP contribution in [-0.4, -0.2) is 0 Å². The molecule has 0 aliphatic heterocycles. The van der Waals surface area contributed by atoms with E-state index >= 15 is 0 Å². The average molecular weight is 304 g/mol. The minimum atomic E-state index is -4.13. The van der Waals surface area contributed by atoms with E-state index in [9.17, 15) is 26.3 Å². The van der Waals surface area contributed by atoms with E-state index in [4.69, 9.17) is 0 Å². The fourth-order valence-corrected chi connectivity index (χ4v) is 1.98. The van der Waals surface area contributed by atoms with Gasteiger partial charge in [0.15, 0.2) is 0 Å². The van der Waals surface area contributed by atoms with Crippen molar-refractivity contribution < 1.29 is 26.3 Å². The summed E-state index contributed by atoms with van der Waals surface area (Å²) in [5.41, 5.74) is -2.28. The smallest absolute Gasteiger partial charge is 0.206 e. The predicted molar refractivity (Wildman–Crippen MR) is 65.2 cm³/mol. The van der Waals surface area contributed by atoms with Crippen molar-refractivity contribution in [2.24, 2.45) is 0 Å². The summed E-state index contributed by atoms with van der Waals surface area (Å²) in [7, 11) is 0. The van der Waals surface area contributed by atoms with Gasteiger partial charge in [-0.15, -0.1) is 0 Å². The summed E-state index contributed by atoms with van der Waals surface area (Å²) in [6.07, 6.45) is -2.01. The lowest BCUT2D eigenvalue weighted by Crippen LogP contribution is -2.27. The maximum Gasteiger partial charge on any atom is 0.282 e. The zero-order valence-electron chi connectivity index (χ0n) is 10.6. The normalized spacial score (nSPS) is 12.5. The topological polar surface area (TPSA) is 0 Å². The first-order valence-corrected chi connectivity index (χ1v) is 6.00. The summed E-state index contributed by atoms with van der Waals surface area (Å²) in [6.45, 7) is 0. The van der Waals surface area contributed by atoms with Crippen molar-refractivity contribution in [1.29, 1.82) is 0 Å². The van der Waals surface area contributed by atoms with E-state index in [0.717, 1.165) is 36.4 Å². The fourth-order valence-electron chi connectivity index (χ4n) is 1.98. The zero-order chi connectivity index (χ0) is 15.7. The fraction of sp³-hybridized carbons (Fsp3) is 0.200. The van der Waals surface area contributed by atoms with Crippen LogP contribution in [0, 0.1) is 11.6 Å². The lowest BCUT2D eigenvalue weighted by atomic mass is 9.96. The first-order chi connectivity index (χ1) is 9.74. The average Bonchev–Trinajstić information content (AvgIpc) is 2.38. The van der Waals surface area contributed by atoms with Crippen LogP contribution in [0.15, 0.2) is 48.5 Å². The molecule has 2 rings (SSSR count). The van der Waals surface area contributed by atoms with Gasteiger partial charge in [0.25, 0.3) is 11.8 Å². The summed E-state index contributed by atoms with van der Waals surface area (Å²) >= 11 is 0. The molecular weight excluding hydrogens is 294 g/mol. The summed E-state index contributed by atoms with van der Waals surface area (Å²) < 4.78 is 82.2. The van der Waals surface area contributed by atoms with Crippen LogP contribution in [-0.2, 0) is 11.8 Å². The largest absolute Gasteiger partial charge is 0.282 e. The first-order valence-electron chi connectivity index (χ1n) is 6.00. The van der Waals surface area contributed by atoms with Crippen LogP contribution < -0.4 is 0 Å². The van der Waals surface area contributed by atoms with Crippen molar-refractivity contribution in [1.82, 2.24) is 0 Å². The third kappa shape index (κ3) is 3.20. The number of halogens is 6. The number of alkyl halides is 4. The summed E-state index contributed by atoms with van der Waals surface area (Å²) in [5.74, 6) is -10.8. The van der Waals surface area contributed by atoms with Crippen molar-refractivity contribution in [3.05, 3.63) is 71.3 Å². The maximum absolute atomic E-state index is 13.9. The number of hydrogen-bond acceptors (Lipinski definition) is 0. The molecule has 0 heterocycles. The highest BCUT2D eigenvalue weighted by molar-refractivity contribution is 5.26. The minimum absolute atomic E-state index is 0.729. The molecule has 0 saturated carbocycles. The first kappa shape index (κ1) is 15.4. The van der Waals surface area contributed by atoms with E-state index in [1.807, 2.05) is 0 Å². The Kier molecular flexibility index (Phi) is 3.98. The van der Waals surface area contributed by atoms with Crippen molar-refractivity contribution in [2.75, 3.05) is 0 Å². The zero-order valence-corrected chi connectivity index (χ0v) is 10.6. The molecule has 0 nitrogen and oxygen atoms in total. The van der Waals surface area contributed by atoms with Gasteiger partial charge in [-0.3, -0.25) is 0 Å². The highest BCUT2D eigenvalue weighted by Gasteiger charge is 2.47.